The van der Waals surface area contributed by atoms with E-state index in [4.69, 9.17) is 11.6 Å². The zero-order valence-electron chi connectivity index (χ0n) is 8.76. The topological polar surface area (TPSA) is 12.0 Å². The summed E-state index contributed by atoms with van der Waals surface area (Å²) in [7, 11) is 0. The van der Waals surface area contributed by atoms with Gasteiger partial charge in [0.05, 0.1) is 5.02 Å². The van der Waals surface area contributed by atoms with Gasteiger partial charge in [-0.2, -0.15) is 0 Å². The Morgan fingerprint density at radius 3 is 2.93 bits per heavy atom. The Morgan fingerprint density at radius 2 is 2.33 bits per heavy atom. The van der Waals surface area contributed by atoms with E-state index in [0.717, 1.165) is 6.54 Å². The van der Waals surface area contributed by atoms with E-state index in [0.29, 0.717) is 12.0 Å². The molecule has 0 saturated heterocycles. The standard InChI is InChI=1S/C12H15ClFN/c1-3-6-11(15-4-2)9-7-5-8-10(13)12(9)14/h3,5,7-8,11,15H,1,4,6H2,2H3. The van der Waals surface area contributed by atoms with Gasteiger partial charge in [0.1, 0.15) is 5.82 Å². The molecule has 3 heteroatoms. The highest BCUT2D eigenvalue weighted by Crippen LogP contribution is 2.25. The first-order valence-corrected chi connectivity index (χ1v) is 5.36. The average Bonchev–Trinajstić information content (AvgIpc) is 2.22. The molecule has 1 aromatic carbocycles. The molecule has 0 heterocycles. The number of nitrogens with one attached hydrogen (secondary N) is 1. The van der Waals surface area contributed by atoms with Crippen LogP contribution in [-0.4, -0.2) is 6.54 Å². The van der Waals surface area contributed by atoms with Crippen molar-refractivity contribution in [3.63, 3.8) is 0 Å². The molecule has 0 saturated carbocycles. The van der Waals surface area contributed by atoms with Crippen LogP contribution in [0.5, 0.6) is 0 Å². The lowest BCUT2D eigenvalue weighted by Crippen LogP contribution is -2.21. The molecule has 82 valence electrons. The van der Waals surface area contributed by atoms with Gasteiger partial charge in [-0.1, -0.05) is 36.7 Å². The molecule has 0 aliphatic heterocycles. The van der Waals surface area contributed by atoms with Crippen LogP contribution < -0.4 is 5.32 Å². The van der Waals surface area contributed by atoms with Gasteiger partial charge in [-0.3, -0.25) is 0 Å². The second-order valence-corrected chi connectivity index (χ2v) is 3.68. The fourth-order valence-corrected chi connectivity index (χ4v) is 1.70. The summed E-state index contributed by atoms with van der Waals surface area (Å²) in [4.78, 5) is 0. The second-order valence-electron chi connectivity index (χ2n) is 3.28. The van der Waals surface area contributed by atoms with Gasteiger partial charge in [0.25, 0.3) is 0 Å². The van der Waals surface area contributed by atoms with Crippen molar-refractivity contribution < 1.29 is 4.39 Å². The van der Waals surface area contributed by atoms with Crippen LogP contribution in [0.1, 0.15) is 24.9 Å². The van der Waals surface area contributed by atoms with E-state index in [-0.39, 0.29) is 16.9 Å². The summed E-state index contributed by atoms with van der Waals surface area (Å²) in [5.74, 6) is -0.341. The minimum Gasteiger partial charge on any atom is -0.310 e. The van der Waals surface area contributed by atoms with Crippen molar-refractivity contribution in [3.05, 3.63) is 47.3 Å². The van der Waals surface area contributed by atoms with Gasteiger partial charge < -0.3 is 5.32 Å². The first-order chi connectivity index (χ1) is 7.20. The number of rotatable bonds is 5. The molecule has 0 fully saturated rings. The van der Waals surface area contributed by atoms with E-state index < -0.39 is 0 Å². The van der Waals surface area contributed by atoms with E-state index in [1.807, 2.05) is 6.92 Å². The number of benzene rings is 1. The van der Waals surface area contributed by atoms with Crippen LogP contribution >= 0.6 is 11.6 Å². The molecule has 1 unspecified atom stereocenters. The molecule has 1 nitrogen and oxygen atoms in total. The first kappa shape index (κ1) is 12.2. The largest absolute Gasteiger partial charge is 0.310 e. The lowest BCUT2D eigenvalue weighted by Gasteiger charge is -2.17. The van der Waals surface area contributed by atoms with Crippen LogP contribution in [0.2, 0.25) is 5.02 Å². The highest BCUT2D eigenvalue weighted by molar-refractivity contribution is 6.30. The molecule has 0 aliphatic rings. The lowest BCUT2D eigenvalue weighted by atomic mass is 10.0. The van der Waals surface area contributed by atoms with Crippen LogP contribution in [-0.2, 0) is 0 Å². The highest BCUT2D eigenvalue weighted by atomic mass is 35.5. The molecule has 1 N–H and O–H groups in total. The van der Waals surface area contributed by atoms with Gasteiger partial charge in [0.2, 0.25) is 0 Å². The number of hydrogen-bond acceptors (Lipinski definition) is 1. The fraction of sp³-hybridized carbons (Fsp3) is 0.333. The van der Waals surface area contributed by atoms with Gasteiger partial charge >= 0.3 is 0 Å². The van der Waals surface area contributed by atoms with E-state index in [9.17, 15) is 4.39 Å². The van der Waals surface area contributed by atoms with Crippen molar-refractivity contribution in [2.75, 3.05) is 6.54 Å². The fourth-order valence-electron chi connectivity index (χ4n) is 1.52. The van der Waals surface area contributed by atoms with Crippen molar-refractivity contribution in [1.29, 1.82) is 0 Å². The monoisotopic (exact) mass is 227 g/mol. The van der Waals surface area contributed by atoms with Gasteiger partial charge in [-0.05, 0) is 19.0 Å². The van der Waals surface area contributed by atoms with E-state index in [1.54, 1.807) is 24.3 Å². The maximum atomic E-state index is 13.7. The Labute approximate surface area is 95.0 Å². The third-order valence-electron chi connectivity index (χ3n) is 2.21. The number of hydrogen-bond donors (Lipinski definition) is 1. The van der Waals surface area contributed by atoms with E-state index in [1.165, 1.54) is 0 Å². The molecule has 1 aromatic rings. The normalized spacial score (nSPS) is 12.5. The summed E-state index contributed by atoms with van der Waals surface area (Å²) >= 11 is 5.73. The Hall–Kier alpha value is -0.860. The Morgan fingerprint density at radius 1 is 1.60 bits per heavy atom. The van der Waals surface area contributed by atoms with Crippen LogP contribution in [0, 0.1) is 5.82 Å². The van der Waals surface area contributed by atoms with E-state index >= 15 is 0 Å². The predicted molar refractivity (Wildman–Crippen MR) is 62.6 cm³/mol. The van der Waals surface area contributed by atoms with E-state index in [2.05, 4.69) is 11.9 Å². The maximum Gasteiger partial charge on any atom is 0.146 e. The lowest BCUT2D eigenvalue weighted by molar-refractivity contribution is 0.516. The van der Waals surface area contributed by atoms with Crippen LogP contribution in [0.3, 0.4) is 0 Å². The molecule has 1 atom stereocenters. The zero-order valence-corrected chi connectivity index (χ0v) is 9.52. The van der Waals surface area contributed by atoms with Gasteiger partial charge in [-0.25, -0.2) is 4.39 Å². The van der Waals surface area contributed by atoms with Crippen LogP contribution in [0.4, 0.5) is 4.39 Å². The summed E-state index contributed by atoms with van der Waals surface area (Å²) < 4.78 is 13.7. The molecule has 0 spiro atoms. The minimum atomic E-state index is -0.341. The molecule has 1 rings (SSSR count). The molecule has 0 bridgehead atoms. The predicted octanol–water partition coefficient (Wildman–Crippen LogP) is 3.71. The zero-order chi connectivity index (χ0) is 11.3. The Kier molecular flexibility index (Phi) is 4.79. The molecule has 0 aliphatic carbocycles. The second kappa shape index (κ2) is 5.89. The van der Waals surface area contributed by atoms with Crippen LogP contribution in [0.15, 0.2) is 30.9 Å². The summed E-state index contributed by atoms with van der Waals surface area (Å²) in [6, 6.07) is 5.01. The van der Waals surface area contributed by atoms with Crippen molar-refractivity contribution in [2.24, 2.45) is 0 Å². The molecule has 0 amide bonds. The molecular formula is C12H15ClFN. The maximum absolute atomic E-state index is 13.7. The molecular weight excluding hydrogens is 213 g/mol. The summed E-state index contributed by atoms with van der Waals surface area (Å²) in [5, 5.41) is 3.36. The van der Waals surface area contributed by atoms with Gasteiger partial charge in [-0.15, -0.1) is 6.58 Å². The third-order valence-corrected chi connectivity index (χ3v) is 2.50. The molecule has 15 heavy (non-hydrogen) atoms. The SMILES string of the molecule is C=CCC(NCC)c1cccc(Cl)c1F. The van der Waals surface area contributed by atoms with Gasteiger partial charge in [0, 0.05) is 11.6 Å². The Bertz CT molecular complexity index is 338. The van der Waals surface area contributed by atoms with Crippen LogP contribution in [0.25, 0.3) is 0 Å². The van der Waals surface area contributed by atoms with Gasteiger partial charge in [0.15, 0.2) is 0 Å². The Balaban J connectivity index is 2.99. The van der Waals surface area contributed by atoms with Crippen molar-refractivity contribution >= 4 is 11.6 Å². The quantitative estimate of drug-likeness (QED) is 0.757. The summed E-state index contributed by atoms with van der Waals surface area (Å²) in [6.07, 6.45) is 2.46. The smallest absolute Gasteiger partial charge is 0.146 e. The molecule has 0 aromatic heterocycles. The first-order valence-electron chi connectivity index (χ1n) is 4.98. The average molecular weight is 228 g/mol. The highest BCUT2D eigenvalue weighted by Gasteiger charge is 2.14. The van der Waals surface area contributed by atoms with Crippen molar-refractivity contribution in [2.45, 2.75) is 19.4 Å². The molecule has 0 radical (unpaired) electrons. The van der Waals surface area contributed by atoms with Crippen molar-refractivity contribution in [1.82, 2.24) is 5.32 Å². The number of halogens is 2. The minimum absolute atomic E-state index is 0.0498. The summed E-state index contributed by atoms with van der Waals surface area (Å²) in [5.41, 5.74) is 0.601. The third kappa shape index (κ3) is 3.05. The van der Waals surface area contributed by atoms with Crippen molar-refractivity contribution in [3.8, 4) is 0 Å². The summed E-state index contributed by atoms with van der Waals surface area (Å²) in [6.45, 7) is 6.43.